The van der Waals surface area contributed by atoms with Gasteiger partial charge in [-0.05, 0) is 45.4 Å². The van der Waals surface area contributed by atoms with E-state index in [0.717, 1.165) is 30.9 Å². The molecular weight excluding hydrogens is 264 g/mol. The molecule has 4 heteroatoms. The highest BCUT2D eigenvalue weighted by Gasteiger charge is 2.31. The third kappa shape index (κ3) is 4.19. The minimum absolute atomic E-state index is 0.0368. The first kappa shape index (κ1) is 16.3. The molecule has 2 atom stereocenters. The average Bonchev–Trinajstić information content (AvgIpc) is 2.36. The van der Waals surface area contributed by atoms with Crippen LogP contribution in [-0.2, 0) is 11.3 Å². The molecule has 1 aliphatic rings. The second-order valence-corrected chi connectivity index (χ2v) is 6.72. The van der Waals surface area contributed by atoms with Crippen molar-refractivity contribution in [1.29, 1.82) is 0 Å². The lowest BCUT2D eigenvalue weighted by molar-refractivity contribution is -0.130. The van der Waals surface area contributed by atoms with Crippen molar-refractivity contribution < 1.29 is 9.47 Å². The topological polar surface area (TPSA) is 47.7 Å². The summed E-state index contributed by atoms with van der Waals surface area (Å²) in [6.07, 6.45) is 0.247. The fourth-order valence-electron chi connectivity index (χ4n) is 3.15. The fourth-order valence-corrected chi connectivity index (χ4v) is 3.15. The van der Waals surface area contributed by atoms with E-state index in [1.54, 1.807) is 7.11 Å². The van der Waals surface area contributed by atoms with Gasteiger partial charge in [-0.25, -0.2) is 0 Å². The van der Waals surface area contributed by atoms with Crippen molar-refractivity contribution in [2.24, 2.45) is 5.73 Å². The van der Waals surface area contributed by atoms with E-state index < -0.39 is 0 Å². The summed E-state index contributed by atoms with van der Waals surface area (Å²) in [5, 5.41) is 0. The molecule has 0 aliphatic carbocycles. The molecule has 1 aromatic carbocycles. The zero-order chi connectivity index (χ0) is 15.6. The van der Waals surface area contributed by atoms with Crippen molar-refractivity contribution >= 4 is 0 Å². The number of methoxy groups -OCH3 is 1. The number of hydrogen-bond donors (Lipinski definition) is 1. The minimum atomic E-state index is -0.107. The lowest BCUT2D eigenvalue weighted by atomic mass is 10.0. The third-order valence-corrected chi connectivity index (χ3v) is 3.86. The van der Waals surface area contributed by atoms with Gasteiger partial charge in [0, 0.05) is 31.2 Å². The fraction of sp³-hybridized carbons (Fsp3) is 0.647. The van der Waals surface area contributed by atoms with Gasteiger partial charge in [-0.2, -0.15) is 0 Å². The number of nitrogens with zero attached hydrogens (tertiary/aromatic N) is 1. The van der Waals surface area contributed by atoms with Gasteiger partial charge in [0.25, 0.3) is 0 Å². The maximum absolute atomic E-state index is 6.00. The van der Waals surface area contributed by atoms with Crippen molar-refractivity contribution in [2.45, 2.75) is 52.0 Å². The Hall–Kier alpha value is -1.10. The Kier molecular flexibility index (Phi) is 4.91. The van der Waals surface area contributed by atoms with E-state index in [0.29, 0.717) is 0 Å². The van der Waals surface area contributed by atoms with E-state index in [1.807, 2.05) is 19.1 Å². The van der Waals surface area contributed by atoms with Gasteiger partial charge in [0.2, 0.25) is 0 Å². The highest BCUT2D eigenvalue weighted by atomic mass is 16.5. The van der Waals surface area contributed by atoms with E-state index in [1.165, 1.54) is 5.56 Å². The molecule has 0 radical (unpaired) electrons. The molecule has 1 heterocycles. The van der Waals surface area contributed by atoms with Crippen LogP contribution in [0.4, 0.5) is 0 Å². The maximum atomic E-state index is 6.00. The molecule has 0 amide bonds. The Morgan fingerprint density at radius 3 is 2.76 bits per heavy atom. The smallest absolute Gasteiger partial charge is 0.123 e. The first-order valence-electron chi connectivity index (χ1n) is 7.63. The molecule has 0 saturated carbocycles. The summed E-state index contributed by atoms with van der Waals surface area (Å²) in [5.41, 5.74) is 8.23. The molecule has 1 aromatic rings. The Labute approximate surface area is 128 Å². The number of benzene rings is 1. The van der Waals surface area contributed by atoms with E-state index in [-0.39, 0.29) is 17.7 Å². The molecule has 2 unspecified atom stereocenters. The van der Waals surface area contributed by atoms with Crippen LogP contribution in [-0.4, -0.2) is 36.8 Å². The van der Waals surface area contributed by atoms with Crippen LogP contribution in [0.3, 0.4) is 0 Å². The molecule has 1 fully saturated rings. The average molecular weight is 292 g/mol. The van der Waals surface area contributed by atoms with Crippen LogP contribution in [0, 0.1) is 0 Å². The van der Waals surface area contributed by atoms with E-state index in [9.17, 15) is 0 Å². The van der Waals surface area contributed by atoms with Crippen LogP contribution in [0.2, 0.25) is 0 Å². The van der Waals surface area contributed by atoms with Gasteiger partial charge in [0.1, 0.15) is 5.75 Å². The maximum Gasteiger partial charge on any atom is 0.123 e. The van der Waals surface area contributed by atoms with Gasteiger partial charge in [-0.15, -0.1) is 0 Å². The van der Waals surface area contributed by atoms with Gasteiger partial charge in [0.05, 0.1) is 18.8 Å². The highest BCUT2D eigenvalue weighted by Crippen LogP contribution is 2.27. The molecule has 0 bridgehead atoms. The van der Waals surface area contributed by atoms with Crippen molar-refractivity contribution in [2.75, 3.05) is 20.2 Å². The van der Waals surface area contributed by atoms with Crippen LogP contribution in [0.25, 0.3) is 0 Å². The largest absolute Gasteiger partial charge is 0.496 e. The SMILES string of the molecule is COc1ccc(C(C)N)cc1CN1CC(C)OC(C)(C)C1. The second-order valence-electron chi connectivity index (χ2n) is 6.72. The quantitative estimate of drug-likeness (QED) is 0.927. The summed E-state index contributed by atoms with van der Waals surface area (Å²) in [4.78, 5) is 2.43. The zero-order valence-corrected chi connectivity index (χ0v) is 13.8. The first-order valence-corrected chi connectivity index (χ1v) is 7.63. The molecule has 1 saturated heterocycles. The summed E-state index contributed by atoms with van der Waals surface area (Å²) in [6, 6.07) is 6.26. The summed E-state index contributed by atoms with van der Waals surface area (Å²) in [6.45, 7) is 11.1. The standard InChI is InChI=1S/C17H28N2O2/c1-12-9-19(11-17(3,4)21-12)10-15-8-14(13(2)18)6-7-16(15)20-5/h6-8,12-13H,9-11,18H2,1-5H3. The molecule has 2 rings (SSSR count). The molecule has 4 nitrogen and oxygen atoms in total. The van der Waals surface area contributed by atoms with Gasteiger partial charge >= 0.3 is 0 Å². The third-order valence-electron chi connectivity index (χ3n) is 3.86. The molecule has 118 valence electrons. The van der Waals surface area contributed by atoms with Crippen LogP contribution in [0.1, 0.15) is 44.9 Å². The Balaban J connectivity index is 2.19. The van der Waals surface area contributed by atoms with Crippen molar-refractivity contribution in [1.82, 2.24) is 4.90 Å². The Morgan fingerprint density at radius 2 is 2.19 bits per heavy atom. The van der Waals surface area contributed by atoms with Crippen LogP contribution in [0.15, 0.2) is 18.2 Å². The molecular formula is C17H28N2O2. The lowest BCUT2D eigenvalue weighted by Gasteiger charge is -2.42. The van der Waals surface area contributed by atoms with Crippen LogP contribution in [0.5, 0.6) is 5.75 Å². The summed E-state index contributed by atoms with van der Waals surface area (Å²) in [5.74, 6) is 0.927. The van der Waals surface area contributed by atoms with Gasteiger partial charge in [-0.3, -0.25) is 4.90 Å². The highest BCUT2D eigenvalue weighted by molar-refractivity contribution is 5.38. The summed E-state index contributed by atoms with van der Waals surface area (Å²) in [7, 11) is 1.72. The first-order chi connectivity index (χ1) is 9.80. The monoisotopic (exact) mass is 292 g/mol. The number of hydrogen-bond acceptors (Lipinski definition) is 4. The predicted molar refractivity (Wildman–Crippen MR) is 85.5 cm³/mol. The van der Waals surface area contributed by atoms with Gasteiger partial charge in [0.15, 0.2) is 0 Å². The van der Waals surface area contributed by atoms with Crippen molar-refractivity contribution in [3.63, 3.8) is 0 Å². The molecule has 2 N–H and O–H groups in total. The normalized spacial score (nSPS) is 23.8. The molecule has 1 aliphatic heterocycles. The van der Waals surface area contributed by atoms with E-state index in [2.05, 4.69) is 31.7 Å². The Bertz CT molecular complexity index is 486. The number of ether oxygens (including phenoxy) is 2. The number of morpholine rings is 1. The predicted octanol–water partition coefficient (Wildman–Crippen LogP) is 2.71. The van der Waals surface area contributed by atoms with Crippen molar-refractivity contribution in [3.05, 3.63) is 29.3 Å². The van der Waals surface area contributed by atoms with Crippen LogP contribution < -0.4 is 10.5 Å². The van der Waals surface area contributed by atoms with E-state index in [4.69, 9.17) is 15.2 Å². The molecule has 0 aromatic heterocycles. The number of rotatable bonds is 4. The second kappa shape index (κ2) is 6.34. The number of nitrogens with two attached hydrogens (primary N) is 1. The zero-order valence-electron chi connectivity index (χ0n) is 13.8. The van der Waals surface area contributed by atoms with Crippen molar-refractivity contribution in [3.8, 4) is 5.75 Å². The van der Waals surface area contributed by atoms with Gasteiger partial charge < -0.3 is 15.2 Å². The Morgan fingerprint density at radius 1 is 1.48 bits per heavy atom. The minimum Gasteiger partial charge on any atom is -0.496 e. The lowest BCUT2D eigenvalue weighted by Crippen LogP contribution is -2.51. The van der Waals surface area contributed by atoms with E-state index >= 15 is 0 Å². The molecule has 0 spiro atoms. The van der Waals surface area contributed by atoms with Crippen LogP contribution >= 0.6 is 0 Å². The summed E-state index contributed by atoms with van der Waals surface area (Å²) < 4.78 is 11.5. The molecule has 21 heavy (non-hydrogen) atoms. The summed E-state index contributed by atoms with van der Waals surface area (Å²) >= 11 is 0. The van der Waals surface area contributed by atoms with Gasteiger partial charge in [-0.1, -0.05) is 6.07 Å².